The van der Waals surface area contributed by atoms with Crippen LogP contribution in [0.4, 0.5) is 15.0 Å². The molecular weight excluding hydrogens is 323 g/mol. The topological polar surface area (TPSA) is 59.4 Å². The van der Waals surface area contributed by atoms with Crippen molar-refractivity contribution in [3.8, 4) is 0 Å². The van der Waals surface area contributed by atoms with E-state index in [2.05, 4.69) is 17.3 Å². The Hall–Kier alpha value is -2.41. The van der Waals surface area contributed by atoms with Crippen LogP contribution < -0.4 is 5.32 Å². The summed E-state index contributed by atoms with van der Waals surface area (Å²) >= 11 is 0. The average Bonchev–Trinajstić information content (AvgIpc) is 3.20. The van der Waals surface area contributed by atoms with Crippen molar-refractivity contribution < 1.29 is 13.9 Å². The Labute approximate surface area is 146 Å². The van der Waals surface area contributed by atoms with Crippen molar-refractivity contribution in [3.05, 3.63) is 47.9 Å². The van der Waals surface area contributed by atoms with Gasteiger partial charge in [0.25, 0.3) is 0 Å². The van der Waals surface area contributed by atoms with Crippen LogP contribution >= 0.6 is 0 Å². The average molecular weight is 346 g/mol. The number of aromatic nitrogens is 2. The normalized spacial score (nSPS) is 20.0. The zero-order valence-electron chi connectivity index (χ0n) is 14.5. The molecule has 0 radical (unpaired) electrons. The Bertz CT molecular complexity index is 733. The first-order chi connectivity index (χ1) is 12.1. The molecule has 3 rings (SSSR count). The zero-order valence-corrected chi connectivity index (χ0v) is 14.5. The van der Waals surface area contributed by atoms with Gasteiger partial charge in [0.05, 0.1) is 19.2 Å². The summed E-state index contributed by atoms with van der Waals surface area (Å²) in [7, 11) is 1.63. The number of rotatable bonds is 5. The van der Waals surface area contributed by atoms with Crippen LogP contribution in [0.3, 0.4) is 0 Å². The number of carbonyl (C=O) groups is 1. The third kappa shape index (κ3) is 3.99. The number of halogens is 1. The summed E-state index contributed by atoms with van der Waals surface area (Å²) in [6.07, 6.45) is 2.53. The molecule has 2 amide bonds. The number of benzene rings is 1. The van der Waals surface area contributed by atoms with Crippen LogP contribution in [-0.2, 0) is 11.3 Å². The van der Waals surface area contributed by atoms with Crippen molar-refractivity contribution >= 4 is 11.8 Å². The van der Waals surface area contributed by atoms with E-state index < -0.39 is 0 Å². The van der Waals surface area contributed by atoms with E-state index in [1.807, 2.05) is 0 Å². The van der Waals surface area contributed by atoms with Crippen molar-refractivity contribution in [2.45, 2.75) is 25.9 Å². The van der Waals surface area contributed by atoms with Gasteiger partial charge in [0, 0.05) is 31.5 Å². The summed E-state index contributed by atoms with van der Waals surface area (Å²) < 4.78 is 20.9. The Balaban J connectivity index is 1.71. The highest BCUT2D eigenvalue weighted by atomic mass is 19.1. The van der Waals surface area contributed by atoms with Gasteiger partial charge in [-0.15, -0.1) is 0 Å². The molecule has 1 fully saturated rings. The first-order valence-corrected chi connectivity index (χ1v) is 8.43. The molecule has 0 saturated carbocycles. The molecule has 1 N–H and O–H groups in total. The lowest BCUT2D eigenvalue weighted by Crippen LogP contribution is -2.35. The van der Waals surface area contributed by atoms with Crippen LogP contribution in [-0.4, -0.2) is 41.0 Å². The minimum absolute atomic E-state index is 0.255. The number of nitrogens with zero attached hydrogens (tertiary/aromatic N) is 3. The van der Waals surface area contributed by atoms with Gasteiger partial charge in [0.1, 0.15) is 5.82 Å². The zero-order chi connectivity index (χ0) is 17.8. The number of nitrogens with one attached hydrogen (secondary N) is 1. The fourth-order valence-electron chi connectivity index (χ4n) is 3.23. The highest BCUT2D eigenvalue weighted by Crippen LogP contribution is 2.36. The van der Waals surface area contributed by atoms with E-state index in [1.165, 1.54) is 6.07 Å². The van der Waals surface area contributed by atoms with Gasteiger partial charge >= 0.3 is 6.03 Å². The number of hydrogen-bond donors (Lipinski definition) is 1. The predicted octanol–water partition coefficient (Wildman–Crippen LogP) is 3.28. The van der Waals surface area contributed by atoms with Crippen LogP contribution in [0.2, 0.25) is 0 Å². The minimum atomic E-state index is -0.275. The van der Waals surface area contributed by atoms with Gasteiger partial charge in [-0.05, 0) is 18.4 Å². The standard InChI is InChI=1S/C18H23FN4O2/c1-13-11-16(14-5-3-4-6-15(14)19)23(12-13)18(24)20-17-7-8-22(21-17)9-10-25-2/h3-8,13,16H,9-12H2,1-2H3,(H,20,21,24)/t13-,16-/m0/s1. The molecule has 6 nitrogen and oxygen atoms in total. The van der Waals surface area contributed by atoms with Gasteiger partial charge in [-0.2, -0.15) is 5.10 Å². The molecular formula is C18H23FN4O2. The quantitative estimate of drug-likeness (QED) is 0.904. The van der Waals surface area contributed by atoms with Gasteiger partial charge in [0.2, 0.25) is 0 Å². The summed E-state index contributed by atoms with van der Waals surface area (Å²) in [4.78, 5) is 14.4. The van der Waals surface area contributed by atoms with E-state index in [-0.39, 0.29) is 17.9 Å². The monoisotopic (exact) mass is 346 g/mol. The molecule has 0 unspecified atom stereocenters. The van der Waals surface area contributed by atoms with E-state index >= 15 is 0 Å². The third-order valence-electron chi connectivity index (χ3n) is 4.44. The SMILES string of the molecule is COCCn1ccc(NC(=O)N2C[C@@H](C)C[C@H]2c2ccccc2F)n1. The van der Waals surface area contributed by atoms with E-state index in [0.717, 1.165) is 6.42 Å². The van der Waals surface area contributed by atoms with E-state index in [4.69, 9.17) is 4.74 Å². The fourth-order valence-corrected chi connectivity index (χ4v) is 3.23. The van der Waals surface area contributed by atoms with Crippen molar-refractivity contribution in [3.63, 3.8) is 0 Å². The number of amides is 2. The molecule has 134 valence electrons. The summed E-state index contributed by atoms with van der Waals surface area (Å²) in [5.74, 6) is 0.519. The minimum Gasteiger partial charge on any atom is -0.383 e. The van der Waals surface area contributed by atoms with Crippen molar-refractivity contribution in [2.24, 2.45) is 5.92 Å². The van der Waals surface area contributed by atoms with Crippen LogP contribution in [0, 0.1) is 11.7 Å². The lowest BCUT2D eigenvalue weighted by molar-refractivity contribution is 0.183. The summed E-state index contributed by atoms with van der Waals surface area (Å²) in [6, 6.07) is 7.87. The Morgan fingerprint density at radius 1 is 1.40 bits per heavy atom. The molecule has 0 spiro atoms. The van der Waals surface area contributed by atoms with Crippen molar-refractivity contribution in [1.29, 1.82) is 0 Å². The molecule has 1 aromatic heterocycles. The number of carbonyl (C=O) groups excluding carboxylic acids is 1. The number of ether oxygens (including phenoxy) is 1. The van der Waals surface area contributed by atoms with E-state index in [1.54, 1.807) is 47.2 Å². The van der Waals surface area contributed by atoms with Crippen LogP contribution in [0.25, 0.3) is 0 Å². The number of likely N-dealkylation sites (tertiary alicyclic amines) is 1. The number of anilines is 1. The molecule has 1 saturated heterocycles. The lowest BCUT2D eigenvalue weighted by Gasteiger charge is -2.25. The molecule has 0 bridgehead atoms. The molecule has 1 aromatic carbocycles. The summed E-state index contributed by atoms with van der Waals surface area (Å²) in [5, 5.41) is 7.11. The van der Waals surface area contributed by atoms with Crippen LogP contribution in [0.5, 0.6) is 0 Å². The first kappa shape index (κ1) is 17.4. The maximum absolute atomic E-state index is 14.2. The molecule has 2 heterocycles. The van der Waals surface area contributed by atoms with Gasteiger partial charge in [-0.1, -0.05) is 25.1 Å². The van der Waals surface area contributed by atoms with E-state index in [0.29, 0.717) is 37.0 Å². The molecule has 25 heavy (non-hydrogen) atoms. The lowest BCUT2D eigenvalue weighted by atomic mass is 10.0. The van der Waals surface area contributed by atoms with Crippen LogP contribution in [0.1, 0.15) is 24.9 Å². The molecule has 7 heteroatoms. The van der Waals surface area contributed by atoms with Gasteiger partial charge in [-0.25, -0.2) is 9.18 Å². The highest BCUT2D eigenvalue weighted by Gasteiger charge is 2.35. The Morgan fingerprint density at radius 3 is 2.96 bits per heavy atom. The number of methoxy groups -OCH3 is 1. The second-order valence-electron chi connectivity index (χ2n) is 6.42. The molecule has 2 aromatic rings. The van der Waals surface area contributed by atoms with Gasteiger partial charge in [0.15, 0.2) is 5.82 Å². The maximum Gasteiger partial charge on any atom is 0.323 e. The predicted molar refractivity (Wildman–Crippen MR) is 92.7 cm³/mol. The molecule has 0 aliphatic carbocycles. The highest BCUT2D eigenvalue weighted by molar-refractivity contribution is 5.88. The second-order valence-corrected chi connectivity index (χ2v) is 6.42. The number of hydrogen-bond acceptors (Lipinski definition) is 3. The molecule has 1 aliphatic heterocycles. The summed E-state index contributed by atoms with van der Waals surface area (Å²) in [6.45, 7) is 3.83. The Kier molecular flexibility index (Phi) is 5.33. The smallest absolute Gasteiger partial charge is 0.323 e. The van der Waals surface area contributed by atoms with Gasteiger partial charge < -0.3 is 9.64 Å². The first-order valence-electron chi connectivity index (χ1n) is 8.43. The maximum atomic E-state index is 14.2. The largest absolute Gasteiger partial charge is 0.383 e. The number of urea groups is 1. The molecule has 1 aliphatic rings. The van der Waals surface area contributed by atoms with E-state index in [9.17, 15) is 9.18 Å². The van der Waals surface area contributed by atoms with Gasteiger partial charge in [-0.3, -0.25) is 10.00 Å². The Morgan fingerprint density at radius 2 is 2.20 bits per heavy atom. The molecule has 2 atom stereocenters. The van der Waals surface area contributed by atoms with Crippen molar-refractivity contribution in [1.82, 2.24) is 14.7 Å². The summed E-state index contributed by atoms with van der Waals surface area (Å²) in [5.41, 5.74) is 0.563. The van der Waals surface area contributed by atoms with Crippen molar-refractivity contribution in [2.75, 3.05) is 25.6 Å². The fraction of sp³-hybridized carbons (Fsp3) is 0.444. The third-order valence-corrected chi connectivity index (χ3v) is 4.44. The second kappa shape index (κ2) is 7.65. The van der Waals surface area contributed by atoms with Crippen LogP contribution in [0.15, 0.2) is 36.5 Å².